The average Bonchev–Trinajstić information content (AvgIpc) is 2.90. The molecule has 1 aromatic heterocycles. The van der Waals surface area contributed by atoms with Gasteiger partial charge in [-0.05, 0) is 31.2 Å². The monoisotopic (exact) mass is 312 g/mol. The molecule has 2 aromatic rings. The van der Waals surface area contributed by atoms with E-state index in [9.17, 15) is 12.8 Å². The van der Waals surface area contributed by atoms with E-state index in [2.05, 4.69) is 5.32 Å². The minimum atomic E-state index is -3.58. The molecular weight excluding hydrogens is 295 g/mol. The van der Waals surface area contributed by atoms with Gasteiger partial charge in [-0.3, -0.25) is 0 Å². The Bertz CT molecular complexity index is 738. The Labute approximate surface area is 123 Å². The number of rotatable bonds is 5. The lowest BCUT2D eigenvalue weighted by molar-refractivity contribution is 0.402. The maximum Gasteiger partial charge on any atom is 0.275 e. The molecule has 5 nitrogen and oxygen atoms in total. The minimum Gasteiger partial charge on any atom is -0.446 e. The van der Waals surface area contributed by atoms with Crippen LogP contribution in [0.2, 0.25) is 0 Å². The van der Waals surface area contributed by atoms with Gasteiger partial charge in [-0.2, -0.15) is 0 Å². The summed E-state index contributed by atoms with van der Waals surface area (Å²) < 4.78 is 43.6. The lowest BCUT2D eigenvalue weighted by Crippen LogP contribution is -2.21. The van der Waals surface area contributed by atoms with Crippen LogP contribution in [0.3, 0.4) is 0 Å². The molecule has 0 aliphatic heterocycles. The number of sulfonamides is 1. The van der Waals surface area contributed by atoms with Crippen molar-refractivity contribution in [2.24, 2.45) is 0 Å². The zero-order valence-corrected chi connectivity index (χ0v) is 12.9. The van der Waals surface area contributed by atoms with Gasteiger partial charge in [-0.25, -0.2) is 17.1 Å². The first-order valence-electron chi connectivity index (χ1n) is 6.32. The fourth-order valence-corrected chi connectivity index (χ4v) is 2.57. The third-order valence-electron chi connectivity index (χ3n) is 3.09. The molecule has 0 spiro atoms. The van der Waals surface area contributed by atoms with E-state index in [1.807, 2.05) is 0 Å². The smallest absolute Gasteiger partial charge is 0.275 e. The molecule has 2 rings (SSSR count). The molecule has 0 fully saturated rings. The van der Waals surface area contributed by atoms with E-state index in [0.29, 0.717) is 17.0 Å². The van der Waals surface area contributed by atoms with Gasteiger partial charge in [0.25, 0.3) is 10.0 Å². The number of anilines is 1. The summed E-state index contributed by atoms with van der Waals surface area (Å²) in [6.45, 7) is 1.94. The molecule has 0 radical (unpaired) electrons. The highest BCUT2D eigenvalue weighted by Gasteiger charge is 2.21. The molecule has 1 aromatic carbocycles. The number of hydrogen-bond donors (Lipinski definition) is 1. The number of nitrogens with one attached hydrogen (secondary N) is 1. The van der Waals surface area contributed by atoms with Crippen LogP contribution in [0, 0.1) is 12.7 Å². The molecule has 21 heavy (non-hydrogen) atoms. The molecule has 114 valence electrons. The van der Waals surface area contributed by atoms with Gasteiger partial charge in [0.1, 0.15) is 11.6 Å². The average molecular weight is 312 g/mol. The van der Waals surface area contributed by atoms with Gasteiger partial charge in [0.05, 0.1) is 6.54 Å². The predicted molar refractivity (Wildman–Crippen MR) is 78.0 cm³/mol. The quantitative estimate of drug-likeness (QED) is 0.922. The second-order valence-electron chi connectivity index (χ2n) is 4.77. The van der Waals surface area contributed by atoms with E-state index in [1.54, 1.807) is 25.1 Å². The maximum absolute atomic E-state index is 13.4. The normalized spacial score (nSPS) is 11.9. The first-order valence-corrected chi connectivity index (χ1v) is 7.76. The Balaban J connectivity index is 2.12. The van der Waals surface area contributed by atoms with Crippen LogP contribution in [-0.4, -0.2) is 26.8 Å². The highest BCUT2D eigenvalue weighted by molar-refractivity contribution is 7.88. The summed E-state index contributed by atoms with van der Waals surface area (Å²) >= 11 is 0. The fraction of sp³-hybridized carbons (Fsp3) is 0.286. The summed E-state index contributed by atoms with van der Waals surface area (Å²) in [5.41, 5.74) is 1.15. The zero-order chi connectivity index (χ0) is 15.6. The van der Waals surface area contributed by atoms with Crippen molar-refractivity contribution in [1.82, 2.24) is 4.31 Å². The first-order chi connectivity index (χ1) is 9.82. The molecule has 0 aliphatic rings. The molecule has 7 heteroatoms. The number of furan rings is 1. The van der Waals surface area contributed by atoms with Crippen LogP contribution in [-0.2, 0) is 16.6 Å². The van der Waals surface area contributed by atoms with Gasteiger partial charge in [-0.15, -0.1) is 0 Å². The fourth-order valence-electron chi connectivity index (χ4n) is 1.75. The van der Waals surface area contributed by atoms with E-state index in [-0.39, 0.29) is 17.5 Å². The number of benzene rings is 1. The number of nitrogens with zero attached hydrogens (tertiary/aromatic N) is 1. The Kier molecular flexibility index (Phi) is 4.34. The molecule has 0 unspecified atom stereocenters. The van der Waals surface area contributed by atoms with E-state index in [0.717, 1.165) is 4.31 Å². The van der Waals surface area contributed by atoms with Gasteiger partial charge >= 0.3 is 0 Å². The molecular formula is C14H17FN2O3S. The van der Waals surface area contributed by atoms with Crippen molar-refractivity contribution in [2.75, 3.05) is 19.4 Å². The van der Waals surface area contributed by atoms with Crippen molar-refractivity contribution in [2.45, 2.75) is 18.6 Å². The van der Waals surface area contributed by atoms with Crippen molar-refractivity contribution >= 4 is 15.7 Å². The van der Waals surface area contributed by atoms with Crippen LogP contribution in [0.5, 0.6) is 0 Å². The van der Waals surface area contributed by atoms with Crippen LogP contribution in [0.4, 0.5) is 10.1 Å². The van der Waals surface area contributed by atoms with Crippen molar-refractivity contribution < 1.29 is 17.2 Å². The van der Waals surface area contributed by atoms with Crippen LogP contribution < -0.4 is 5.32 Å². The maximum atomic E-state index is 13.4. The number of hydrogen-bond acceptors (Lipinski definition) is 4. The molecule has 1 N–H and O–H groups in total. The van der Waals surface area contributed by atoms with Crippen LogP contribution in [0.25, 0.3) is 0 Å². The Morgan fingerprint density at radius 1 is 1.24 bits per heavy atom. The topological polar surface area (TPSA) is 62.6 Å². The predicted octanol–water partition coefficient (Wildman–Crippen LogP) is 2.59. The van der Waals surface area contributed by atoms with Crippen molar-refractivity contribution in [3.05, 3.63) is 47.5 Å². The molecule has 0 saturated carbocycles. The SMILES string of the molecule is Cc1c(F)cccc1NCc1ccc(S(=O)(=O)N(C)C)o1. The summed E-state index contributed by atoms with van der Waals surface area (Å²) in [5, 5.41) is 2.91. The van der Waals surface area contributed by atoms with Gasteiger partial charge in [0.15, 0.2) is 0 Å². The summed E-state index contributed by atoms with van der Waals surface area (Å²) in [4.78, 5) is 0. The summed E-state index contributed by atoms with van der Waals surface area (Å²) in [6.07, 6.45) is 0. The van der Waals surface area contributed by atoms with Crippen LogP contribution in [0.1, 0.15) is 11.3 Å². The first kappa shape index (κ1) is 15.5. The van der Waals surface area contributed by atoms with E-state index >= 15 is 0 Å². The van der Waals surface area contributed by atoms with Crippen LogP contribution >= 0.6 is 0 Å². The van der Waals surface area contributed by atoms with E-state index in [1.165, 1.54) is 26.2 Å². The van der Waals surface area contributed by atoms with Gasteiger partial charge in [0.2, 0.25) is 5.09 Å². The third-order valence-corrected chi connectivity index (χ3v) is 4.78. The third kappa shape index (κ3) is 3.25. The lowest BCUT2D eigenvalue weighted by atomic mass is 10.2. The second kappa shape index (κ2) is 5.87. The lowest BCUT2D eigenvalue weighted by Gasteiger charge is -2.09. The van der Waals surface area contributed by atoms with Crippen molar-refractivity contribution in [3.8, 4) is 0 Å². The summed E-state index contributed by atoms with van der Waals surface area (Å²) in [7, 11) is -0.702. The highest BCUT2D eigenvalue weighted by atomic mass is 32.2. The summed E-state index contributed by atoms with van der Waals surface area (Å²) in [6, 6.07) is 7.73. The molecule has 0 atom stereocenters. The summed E-state index contributed by atoms with van der Waals surface area (Å²) in [5.74, 6) is 0.161. The van der Waals surface area contributed by atoms with Gasteiger partial charge in [-0.1, -0.05) is 6.07 Å². The van der Waals surface area contributed by atoms with Gasteiger partial charge < -0.3 is 9.73 Å². The van der Waals surface area contributed by atoms with E-state index < -0.39 is 10.0 Å². The molecule has 0 bridgehead atoms. The van der Waals surface area contributed by atoms with Crippen LogP contribution in [0.15, 0.2) is 39.8 Å². The minimum absolute atomic E-state index is 0.111. The van der Waals surface area contributed by atoms with E-state index in [4.69, 9.17) is 4.42 Å². The Morgan fingerprint density at radius 2 is 1.95 bits per heavy atom. The highest BCUT2D eigenvalue weighted by Crippen LogP contribution is 2.20. The molecule has 0 aliphatic carbocycles. The Hall–Kier alpha value is -1.86. The van der Waals surface area contributed by atoms with Crippen molar-refractivity contribution in [3.63, 3.8) is 0 Å². The standard InChI is InChI=1S/C14H17FN2O3S/c1-10-12(15)5-4-6-13(10)16-9-11-7-8-14(20-11)21(18,19)17(2)3/h4-8,16H,9H2,1-3H3. The Morgan fingerprint density at radius 3 is 2.62 bits per heavy atom. The molecule has 1 heterocycles. The molecule has 0 amide bonds. The second-order valence-corrected chi connectivity index (χ2v) is 6.86. The van der Waals surface area contributed by atoms with Crippen molar-refractivity contribution in [1.29, 1.82) is 0 Å². The van der Waals surface area contributed by atoms with Gasteiger partial charge in [0, 0.05) is 25.3 Å². The largest absolute Gasteiger partial charge is 0.446 e. The number of halogens is 1. The molecule has 0 saturated heterocycles. The zero-order valence-electron chi connectivity index (χ0n) is 12.1.